The van der Waals surface area contributed by atoms with Crippen LogP contribution in [0.15, 0.2) is 62.3 Å². The number of likely N-dealkylation sites (tertiary alicyclic amines) is 1. The maximum atomic E-state index is 13.3. The Hall–Kier alpha value is -3.36. The van der Waals surface area contributed by atoms with E-state index in [1.165, 1.54) is 43.2 Å². The van der Waals surface area contributed by atoms with Gasteiger partial charge < -0.3 is 20.5 Å². The molecule has 15 heteroatoms. The molecule has 216 valence electrons. The van der Waals surface area contributed by atoms with Crippen LogP contribution >= 0.6 is 34.5 Å². The van der Waals surface area contributed by atoms with Crippen molar-refractivity contribution in [2.24, 2.45) is 0 Å². The number of urea groups is 1. The Labute approximate surface area is 249 Å². The zero-order valence-electron chi connectivity index (χ0n) is 21.6. The lowest BCUT2D eigenvalue weighted by Crippen LogP contribution is -2.34. The molecule has 1 aliphatic heterocycles. The highest BCUT2D eigenvalue weighted by Crippen LogP contribution is 2.26. The normalized spacial score (nSPS) is 13.9. The number of carbonyl (C=O) groups excluding carboxylic acids is 1. The highest BCUT2D eigenvalue weighted by Gasteiger charge is 2.20. The number of halogens is 2. The lowest BCUT2D eigenvalue weighted by atomic mass is 10.2. The lowest BCUT2D eigenvalue weighted by molar-refractivity contribution is 0.256. The van der Waals surface area contributed by atoms with E-state index in [9.17, 15) is 22.8 Å². The third-order valence-electron chi connectivity index (χ3n) is 6.56. The minimum absolute atomic E-state index is 0.0149. The van der Waals surface area contributed by atoms with Crippen LogP contribution in [0.4, 0.5) is 16.2 Å². The van der Waals surface area contributed by atoms with Gasteiger partial charge in [0.15, 0.2) is 0 Å². The van der Waals surface area contributed by atoms with Crippen LogP contribution in [0.3, 0.4) is 0 Å². The second kappa shape index (κ2) is 12.2. The molecule has 41 heavy (non-hydrogen) atoms. The molecule has 0 bridgehead atoms. The van der Waals surface area contributed by atoms with Crippen LogP contribution < -0.4 is 26.6 Å². The molecule has 11 nitrogen and oxygen atoms in total. The molecule has 5 rings (SSSR count). The summed E-state index contributed by atoms with van der Waals surface area (Å²) in [5.41, 5.74) is 0.167. The van der Waals surface area contributed by atoms with Crippen LogP contribution in [0.1, 0.15) is 19.3 Å². The summed E-state index contributed by atoms with van der Waals surface area (Å²) in [5.74, 6) is 0. The van der Waals surface area contributed by atoms with Crippen molar-refractivity contribution in [2.75, 3.05) is 36.8 Å². The predicted molar refractivity (Wildman–Crippen MR) is 163 cm³/mol. The number of hydrogen-bond donors (Lipinski definition) is 4. The molecule has 0 atom stereocenters. The van der Waals surface area contributed by atoms with E-state index in [4.69, 9.17) is 23.2 Å². The average Bonchev–Trinajstić information content (AvgIpc) is 3.59. The Morgan fingerprint density at radius 1 is 1.00 bits per heavy atom. The molecule has 1 aliphatic rings. The number of aromatic nitrogens is 2. The summed E-state index contributed by atoms with van der Waals surface area (Å²) in [4.78, 5) is 43.7. The van der Waals surface area contributed by atoms with E-state index in [1.54, 1.807) is 18.2 Å². The van der Waals surface area contributed by atoms with Gasteiger partial charge in [-0.05, 0) is 87.4 Å². The third-order valence-corrected chi connectivity index (χ3v) is 9.92. The van der Waals surface area contributed by atoms with Crippen molar-refractivity contribution in [3.8, 4) is 5.69 Å². The molecule has 2 amide bonds. The van der Waals surface area contributed by atoms with Crippen molar-refractivity contribution in [3.63, 3.8) is 0 Å². The van der Waals surface area contributed by atoms with Crippen molar-refractivity contribution < 1.29 is 13.2 Å². The number of hydrogen-bond acceptors (Lipinski definition) is 8. The van der Waals surface area contributed by atoms with Crippen LogP contribution in [0.5, 0.6) is 0 Å². The summed E-state index contributed by atoms with van der Waals surface area (Å²) >= 11 is 13.0. The first-order valence-corrected chi connectivity index (χ1v) is 15.8. The quantitative estimate of drug-likeness (QED) is 0.199. The highest BCUT2D eigenvalue weighted by molar-refractivity contribution is 7.92. The van der Waals surface area contributed by atoms with Gasteiger partial charge in [-0.25, -0.2) is 27.3 Å². The van der Waals surface area contributed by atoms with E-state index in [2.05, 4.69) is 20.5 Å². The molecule has 0 aliphatic carbocycles. The summed E-state index contributed by atoms with van der Waals surface area (Å²) in [7, 11) is -4.12. The molecule has 1 saturated heterocycles. The summed E-state index contributed by atoms with van der Waals surface area (Å²) in [6.45, 7) is 4.11. The molecule has 0 radical (unpaired) electrons. The number of amides is 2. The van der Waals surface area contributed by atoms with Gasteiger partial charge in [-0.15, -0.1) is 11.3 Å². The number of fused-ring (bicyclic) bond motifs is 1. The molecule has 0 saturated carbocycles. The fraction of sp³-hybridized carbons (Fsp3) is 0.269. The Kier molecular flexibility index (Phi) is 8.71. The van der Waals surface area contributed by atoms with Crippen LogP contribution in [0.25, 0.3) is 16.6 Å². The van der Waals surface area contributed by atoms with Gasteiger partial charge in [-0.3, -0.25) is 4.79 Å². The van der Waals surface area contributed by atoms with Crippen molar-refractivity contribution in [1.82, 2.24) is 19.2 Å². The van der Waals surface area contributed by atoms with Gasteiger partial charge in [-0.2, -0.15) is 0 Å². The highest BCUT2D eigenvalue weighted by atomic mass is 35.5. The standard InChI is InChI=1S/C26H26Cl2N6O5S2/c27-19-14-17(30-25(36)32-41(38,39)23-9-8-22(28)40-23)5-7-21(19)34-24(35)18-6-4-16(15-20(18)31-26(34)37)29-10-3-13-33-11-1-2-12-33/h4-9,14-15,29H,1-3,10-13H2,(H,31,37)(H2,30,32,36). The van der Waals surface area contributed by atoms with Gasteiger partial charge in [0.2, 0.25) is 0 Å². The van der Waals surface area contributed by atoms with Crippen molar-refractivity contribution in [1.29, 1.82) is 0 Å². The molecular weight excluding hydrogens is 611 g/mol. The molecule has 1 fully saturated rings. The Morgan fingerprint density at radius 3 is 2.46 bits per heavy atom. The number of nitrogens with zero attached hydrogens (tertiary/aromatic N) is 2. The number of nitrogens with one attached hydrogen (secondary N) is 4. The van der Waals surface area contributed by atoms with Crippen LogP contribution in [-0.4, -0.2) is 55.1 Å². The van der Waals surface area contributed by atoms with Crippen molar-refractivity contribution in [3.05, 3.63) is 78.7 Å². The second-order valence-electron chi connectivity index (χ2n) is 9.44. The van der Waals surface area contributed by atoms with E-state index >= 15 is 0 Å². The third kappa shape index (κ3) is 6.76. The number of aromatic amines is 1. The topological polar surface area (TPSA) is 145 Å². The van der Waals surface area contributed by atoms with Crippen molar-refractivity contribution in [2.45, 2.75) is 23.5 Å². The van der Waals surface area contributed by atoms with Crippen LogP contribution in [0.2, 0.25) is 9.36 Å². The number of carbonyl (C=O) groups is 1. The van der Waals surface area contributed by atoms with Gasteiger partial charge in [0.1, 0.15) is 4.21 Å². The second-order valence-corrected chi connectivity index (χ2v) is 13.5. The zero-order chi connectivity index (χ0) is 29.1. The first-order chi connectivity index (χ1) is 19.6. The van der Waals surface area contributed by atoms with Gasteiger partial charge in [-0.1, -0.05) is 23.2 Å². The van der Waals surface area contributed by atoms with E-state index in [-0.39, 0.29) is 24.9 Å². The van der Waals surface area contributed by atoms with E-state index in [0.717, 1.165) is 54.2 Å². The number of H-pyrrole nitrogens is 1. The predicted octanol–water partition coefficient (Wildman–Crippen LogP) is 4.46. The molecular formula is C26H26Cl2N6O5S2. The first kappa shape index (κ1) is 29.1. The minimum Gasteiger partial charge on any atom is -0.385 e. The first-order valence-electron chi connectivity index (χ1n) is 12.7. The Bertz CT molecular complexity index is 1830. The summed E-state index contributed by atoms with van der Waals surface area (Å²) < 4.78 is 27.6. The van der Waals surface area contributed by atoms with Gasteiger partial charge in [0.25, 0.3) is 15.6 Å². The fourth-order valence-electron chi connectivity index (χ4n) is 4.63. The average molecular weight is 638 g/mol. The molecule has 4 aromatic rings. The SMILES string of the molecule is O=C(Nc1ccc(-n2c(=O)[nH]c3cc(NCCCN4CCCC4)ccc3c2=O)c(Cl)c1)NS(=O)(=O)c1ccc(Cl)s1. The lowest BCUT2D eigenvalue weighted by Gasteiger charge is -2.15. The Balaban J connectivity index is 1.29. The van der Waals surface area contributed by atoms with Gasteiger partial charge in [0, 0.05) is 17.9 Å². The number of benzene rings is 2. The summed E-state index contributed by atoms with van der Waals surface area (Å²) in [6, 6.07) is 10.9. The summed E-state index contributed by atoms with van der Waals surface area (Å²) in [5, 5.41) is 5.99. The smallest absolute Gasteiger partial charge is 0.333 e. The Morgan fingerprint density at radius 2 is 1.76 bits per heavy atom. The monoisotopic (exact) mass is 636 g/mol. The van der Waals surface area contributed by atoms with E-state index < -0.39 is 27.3 Å². The molecule has 2 aromatic carbocycles. The van der Waals surface area contributed by atoms with E-state index in [1.807, 2.05) is 4.72 Å². The van der Waals surface area contributed by atoms with Gasteiger partial charge in [0.05, 0.1) is 25.9 Å². The summed E-state index contributed by atoms with van der Waals surface area (Å²) in [6.07, 6.45) is 3.50. The maximum absolute atomic E-state index is 13.3. The maximum Gasteiger partial charge on any atom is 0.333 e. The molecule has 0 spiro atoms. The molecule has 0 unspecified atom stereocenters. The fourth-order valence-corrected chi connectivity index (χ4v) is 7.28. The minimum atomic E-state index is -4.12. The molecule has 2 aromatic heterocycles. The van der Waals surface area contributed by atoms with Crippen molar-refractivity contribution >= 4 is 72.9 Å². The largest absolute Gasteiger partial charge is 0.385 e. The van der Waals surface area contributed by atoms with E-state index in [0.29, 0.717) is 10.9 Å². The molecule has 3 heterocycles. The zero-order valence-corrected chi connectivity index (χ0v) is 24.7. The number of sulfonamides is 1. The van der Waals surface area contributed by atoms with Gasteiger partial charge >= 0.3 is 11.7 Å². The number of anilines is 2. The van der Waals surface area contributed by atoms with Crippen LogP contribution in [-0.2, 0) is 10.0 Å². The number of rotatable bonds is 9. The number of thiophene rings is 1. The molecule has 4 N–H and O–H groups in total. The van der Waals surface area contributed by atoms with Crippen LogP contribution in [0, 0.1) is 0 Å².